The molecule has 1 saturated carbocycles. The van der Waals surface area contributed by atoms with Crippen molar-refractivity contribution in [2.75, 3.05) is 18.1 Å². The summed E-state index contributed by atoms with van der Waals surface area (Å²) >= 11 is 0. The van der Waals surface area contributed by atoms with Gasteiger partial charge < -0.3 is 19.7 Å². The molecular weight excluding hydrogens is 382 g/mol. The number of anilines is 1. The van der Waals surface area contributed by atoms with E-state index in [0.717, 1.165) is 17.8 Å². The lowest BCUT2D eigenvalue weighted by molar-refractivity contribution is -0.121. The summed E-state index contributed by atoms with van der Waals surface area (Å²) in [6.07, 6.45) is 7.87. The lowest BCUT2D eigenvalue weighted by atomic mass is 10.2. The number of amides is 2. The van der Waals surface area contributed by atoms with E-state index in [1.54, 1.807) is 18.3 Å². The fourth-order valence-electron chi connectivity index (χ4n) is 3.30. The maximum Gasteiger partial charge on any atom is 0.265 e. The molecule has 2 aromatic rings. The molecule has 1 atom stereocenters. The van der Waals surface area contributed by atoms with Gasteiger partial charge in [0.05, 0.1) is 5.69 Å². The minimum Gasteiger partial charge on any atom is -0.481 e. The number of nitrogens with zero attached hydrogens (tertiary/aromatic N) is 2. The SMILES string of the molecule is CC(=O)N[C@@H](C)C=Cc1ccc(Oc2ccc3c(c2)OCC(=O)N3CC2CC2)nc1. The van der Waals surface area contributed by atoms with Gasteiger partial charge in [0.2, 0.25) is 11.8 Å². The van der Waals surface area contributed by atoms with Gasteiger partial charge in [0.15, 0.2) is 6.61 Å². The van der Waals surface area contributed by atoms with Crippen molar-refractivity contribution in [2.24, 2.45) is 5.92 Å². The molecular formula is C23H25N3O4. The van der Waals surface area contributed by atoms with Crippen molar-refractivity contribution in [3.05, 3.63) is 48.2 Å². The largest absolute Gasteiger partial charge is 0.481 e. The second kappa shape index (κ2) is 8.57. The Bertz CT molecular complexity index is 967. The van der Waals surface area contributed by atoms with E-state index < -0.39 is 0 Å². The smallest absolute Gasteiger partial charge is 0.265 e. The molecule has 156 valence electrons. The number of hydrogen-bond donors (Lipinski definition) is 1. The van der Waals surface area contributed by atoms with Crippen molar-refractivity contribution in [1.82, 2.24) is 10.3 Å². The van der Waals surface area contributed by atoms with Crippen molar-refractivity contribution >= 4 is 23.6 Å². The van der Waals surface area contributed by atoms with Gasteiger partial charge in [0.25, 0.3) is 5.91 Å². The van der Waals surface area contributed by atoms with E-state index in [-0.39, 0.29) is 24.5 Å². The van der Waals surface area contributed by atoms with Gasteiger partial charge in [-0.3, -0.25) is 9.59 Å². The highest BCUT2D eigenvalue weighted by Crippen LogP contribution is 2.39. The summed E-state index contributed by atoms with van der Waals surface area (Å²) in [6, 6.07) is 9.11. The van der Waals surface area contributed by atoms with Crippen LogP contribution in [0.15, 0.2) is 42.6 Å². The van der Waals surface area contributed by atoms with Crippen LogP contribution in [0.4, 0.5) is 5.69 Å². The van der Waals surface area contributed by atoms with Crippen LogP contribution in [0.2, 0.25) is 0 Å². The predicted molar refractivity (Wildman–Crippen MR) is 114 cm³/mol. The van der Waals surface area contributed by atoms with Gasteiger partial charge in [-0.2, -0.15) is 0 Å². The Morgan fingerprint density at radius 3 is 2.90 bits per heavy atom. The molecule has 1 fully saturated rings. The van der Waals surface area contributed by atoms with E-state index in [9.17, 15) is 9.59 Å². The van der Waals surface area contributed by atoms with Gasteiger partial charge in [0, 0.05) is 37.8 Å². The molecule has 0 saturated heterocycles. The average Bonchev–Trinajstić information content (AvgIpc) is 3.53. The molecule has 1 aliphatic carbocycles. The van der Waals surface area contributed by atoms with Crippen molar-refractivity contribution in [3.63, 3.8) is 0 Å². The molecule has 1 N–H and O–H groups in total. The topological polar surface area (TPSA) is 80.8 Å². The number of fused-ring (bicyclic) bond motifs is 1. The summed E-state index contributed by atoms with van der Waals surface area (Å²) < 4.78 is 11.5. The molecule has 7 heteroatoms. The minimum absolute atomic E-state index is 0.00111. The van der Waals surface area contributed by atoms with Gasteiger partial charge in [-0.05, 0) is 49.4 Å². The maximum atomic E-state index is 12.2. The van der Waals surface area contributed by atoms with Crippen LogP contribution in [0.1, 0.15) is 32.3 Å². The first-order valence-electron chi connectivity index (χ1n) is 10.1. The number of nitrogens with one attached hydrogen (secondary N) is 1. The third kappa shape index (κ3) is 4.97. The third-order valence-electron chi connectivity index (χ3n) is 5.00. The second-order valence-electron chi connectivity index (χ2n) is 7.75. The van der Waals surface area contributed by atoms with Crippen LogP contribution in [-0.4, -0.2) is 36.0 Å². The van der Waals surface area contributed by atoms with Crippen LogP contribution >= 0.6 is 0 Å². The van der Waals surface area contributed by atoms with E-state index in [4.69, 9.17) is 9.47 Å². The van der Waals surface area contributed by atoms with Gasteiger partial charge in [-0.15, -0.1) is 0 Å². The summed E-state index contributed by atoms with van der Waals surface area (Å²) in [5, 5.41) is 2.79. The summed E-state index contributed by atoms with van der Waals surface area (Å²) in [5.41, 5.74) is 1.70. The third-order valence-corrected chi connectivity index (χ3v) is 5.00. The van der Waals surface area contributed by atoms with E-state index in [2.05, 4.69) is 10.3 Å². The molecule has 2 heterocycles. The molecule has 2 aliphatic rings. The standard InChI is InChI=1S/C23H25N3O4/c1-15(25-16(2)27)3-4-17-7-10-22(24-12-17)30-19-8-9-20-21(11-19)29-14-23(28)26(20)13-18-5-6-18/h3-4,7-12,15,18H,5-6,13-14H2,1-2H3,(H,25,27)/t15-/m0/s1. The van der Waals surface area contributed by atoms with Gasteiger partial charge >= 0.3 is 0 Å². The van der Waals surface area contributed by atoms with Crippen molar-refractivity contribution in [2.45, 2.75) is 32.7 Å². The molecule has 0 spiro atoms. The Morgan fingerprint density at radius 2 is 2.20 bits per heavy atom. The van der Waals surface area contributed by atoms with Crippen LogP contribution in [0.25, 0.3) is 6.08 Å². The Balaban J connectivity index is 1.41. The highest BCUT2D eigenvalue weighted by atomic mass is 16.5. The first kappa shape index (κ1) is 19.9. The highest BCUT2D eigenvalue weighted by Gasteiger charge is 2.32. The molecule has 1 aliphatic heterocycles. The van der Waals surface area contributed by atoms with Crippen LogP contribution in [0.3, 0.4) is 0 Å². The second-order valence-corrected chi connectivity index (χ2v) is 7.75. The highest BCUT2D eigenvalue weighted by molar-refractivity contribution is 5.98. The Hall–Kier alpha value is -3.35. The summed E-state index contributed by atoms with van der Waals surface area (Å²) in [6.45, 7) is 4.21. The van der Waals surface area contributed by atoms with Gasteiger partial charge in [-0.25, -0.2) is 4.98 Å². The molecule has 1 aromatic heterocycles. The van der Waals surface area contributed by atoms with Crippen LogP contribution in [0, 0.1) is 5.92 Å². The number of hydrogen-bond acceptors (Lipinski definition) is 5. The zero-order valence-corrected chi connectivity index (χ0v) is 17.1. The number of ether oxygens (including phenoxy) is 2. The normalized spacial score (nSPS) is 16.7. The first-order chi connectivity index (χ1) is 14.5. The zero-order valence-electron chi connectivity index (χ0n) is 17.1. The molecule has 1 aromatic carbocycles. The van der Waals surface area contributed by atoms with Gasteiger partial charge in [-0.1, -0.05) is 12.2 Å². The molecule has 4 rings (SSSR count). The molecule has 2 amide bonds. The Kier molecular flexibility index (Phi) is 5.70. The van der Waals surface area contributed by atoms with Crippen LogP contribution in [-0.2, 0) is 9.59 Å². The molecule has 7 nitrogen and oxygen atoms in total. The van der Waals surface area contributed by atoms with E-state index in [1.165, 1.54) is 19.8 Å². The number of pyridine rings is 1. The van der Waals surface area contributed by atoms with E-state index >= 15 is 0 Å². The number of aromatic nitrogens is 1. The summed E-state index contributed by atoms with van der Waals surface area (Å²) in [4.78, 5) is 29.4. The van der Waals surface area contributed by atoms with Crippen molar-refractivity contribution in [1.29, 1.82) is 0 Å². The minimum atomic E-state index is -0.0666. The number of carbonyl (C=O) groups excluding carboxylic acids is 2. The predicted octanol–water partition coefficient (Wildman–Crippen LogP) is 3.55. The molecule has 0 bridgehead atoms. The van der Waals surface area contributed by atoms with Crippen LogP contribution < -0.4 is 19.7 Å². The number of benzene rings is 1. The number of carbonyl (C=O) groups is 2. The lowest BCUT2D eigenvalue weighted by Crippen LogP contribution is -2.40. The number of rotatable bonds is 7. The van der Waals surface area contributed by atoms with Crippen molar-refractivity contribution < 1.29 is 19.1 Å². The van der Waals surface area contributed by atoms with E-state index in [0.29, 0.717) is 23.3 Å². The van der Waals surface area contributed by atoms with Gasteiger partial charge in [0.1, 0.15) is 11.5 Å². The van der Waals surface area contributed by atoms with Crippen LogP contribution in [0.5, 0.6) is 17.4 Å². The average molecular weight is 407 g/mol. The monoisotopic (exact) mass is 407 g/mol. The molecule has 0 unspecified atom stereocenters. The molecule has 0 radical (unpaired) electrons. The maximum absolute atomic E-state index is 12.2. The summed E-state index contributed by atoms with van der Waals surface area (Å²) in [7, 11) is 0. The quantitative estimate of drug-likeness (QED) is 0.759. The fourth-order valence-corrected chi connectivity index (χ4v) is 3.30. The lowest BCUT2D eigenvalue weighted by Gasteiger charge is -2.29. The zero-order chi connectivity index (χ0) is 21.1. The summed E-state index contributed by atoms with van der Waals surface area (Å²) in [5.74, 6) is 2.26. The van der Waals surface area contributed by atoms with Crippen molar-refractivity contribution in [3.8, 4) is 17.4 Å². The Labute approximate surface area is 175 Å². The van der Waals surface area contributed by atoms with E-state index in [1.807, 2.05) is 42.2 Å². The Morgan fingerprint density at radius 1 is 1.37 bits per heavy atom. The first-order valence-corrected chi connectivity index (χ1v) is 10.1. The fraction of sp³-hybridized carbons (Fsp3) is 0.348. The molecule has 30 heavy (non-hydrogen) atoms.